The molecule has 5 fully saturated rings. The van der Waals surface area contributed by atoms with Crippen molar-refractivity contribution >= 4 is 71.3 Å². The molecule has 36 nitrogen and oxygen atoms in total. The predicted octanol–water partition coefficient (Wildman–Crippen LogP) is 10.7. The maximum atomic E-state index is 13.1. The number of amides is 2. The van der Waals surface area contributed by atoms with Crippen LogP contribution in [-0.4, -0.2) is 213 Å². The van der Waals surface area contributed by atoms with Crippen molar-refractivity contribution in [3.63, 3.8) is 0 Å². The van der Waals surface area contributed by atoms with Gasteiger partial charge in [0.15, 0.2) is 12.2 Å². The van der Waals surface area contributed by atoms with E-state index in [1.54, 1.807) is 0 Å². The van der Waals surface area contributed by atoms with E-state index >= 15 is 0 Å². The van der Waals surface area contributed by atoms with E-state index in [0.717, 1.165) is 76.6 Å². The van der Waals surface area contributed by atoms with Crippen LogP contribution in [0.15, 0.2) is 273 Å². The fraction of sp³-hybridized carbons (Fsp3) is 0.410. The highest BCUT2D eigenvalue weighted by atomic mass is 32.3. The van der Waals surface area contributed by atoms with Gasteiger partial charge in [-0.25, -0.2) is 43.3 Å². The van der Waals surface area contributed by atoms with Crippen molar-refractivity contribution in [3.8, 4) is 0 Å². The van der Waals surface area contributed by atoms with Gasteiger partial charge in [0.2, 0.25) is 53.4 Å². The van der Waals surface area contributed by atoms with Crippen LogP contribution in [-0.2, 0) is 203 Å². The fourth-order valence-corrected chi connectivity index (χ4v) is 16.9. The Hall–Kier alpha value is -10.6. The molecular weight excluding hydrogens is 1900 g/mol. The highest BCUT2D eigenvalue weighted by Crippen LogP contribution is 2.32. The molecule has 2 amide bonds. The van der Waals surface area contributed by atoms with Crippen LogP contribution in [0.1, 0.15) is 115 Å². The van der Waals surface area contributed by atoms with Crippen LogP contribution >= 0.6 is 0 Å². The molecule has 9 aromatic rings. The molecule has 1 saturated carbocycles. The van der Waals surface area contributed by atoms with Crippen LogP contribution in [0, 0.1) is 5.92 Å². The lowest BCUT2D eigenvalue weighted by Gasteiger charge is -2.41. The lowest BCUT2D eigenvalue weighted by atomic mass is 9.87. The molecule has 4 saturated heterocycles. The van der Waals surface area contributed by atoms with Crippen LogP contribution in [0.2, 0.25) is 0 Å². The van der Waals surface area contributed by atoms with Crippen molar-refractivity contribution in [2.24, 2.45) is 5.92 Å². The quantitative estimate of drug-likeness (QED) is 0.0118. The first kappa shape index (κ1) is 111. The highest BCUT2D eigenvalue weighted by Gasteiger charge is 2.48. The second-order valence-corrected chi connectivity index (χ2v) is 37.2. The fourth-order valence-electron chi connectivity index (χ4n) is 15.3. The Labute approximate surface area is 816 Å². The summed E-state index contributed by atoms with van der Waals surface area (Å²) in [5, 5.41) is 5.50. The largest absolute Gasteiger partial charge is 0.726 e. The summed E-state index contributed by atoms with van der Waals surface area (Å²) in [6, 6.07) is 84.8. The molecule has 0 bridgehead atoms. The summed E-state index contributed by atoms with van der Waals surface area (Å²) in [7, 11) is -19.6. The van der Waals surface area contributed by atoms with E-state index in [9.17, 15) is 75.9 Å². The van der Waals surface area contributed by atoms with Gasteiger partial charge < -0.3 is 90.4 Å². The highest BCUT2D eigenvalue weighted by molar-refractivity contribution is 7.81. The van der Waals surface area contributed by atoms with Crippen molar-refractivity contribution in [2.75, 3.05) is 46.2 Å². The second kappa shape index (κ2) is 58.7. The molecule has 15 atom stereocenters. The van der Waals surface area contributed by atoms with Crippen molar-refractivity contribution in [2.45, 2.75) is 210 Å². The van der Waals surface area contributed by atoms with Gasteiger partial charge in [-0.15, -0.1) is 0 Å². The molecule has 758 valence electrons. The van der Waals surface area contributed by atoms with E-state index in [1.165, 1.54) is 19.4 Å². The Morgan fingerprint density at radius 2 is 0.671 bits per heavy atom. The minimum absolute atomic E-state index is 0.000638. The van der Waals surface area contributed by atoms with Crippen LogP contribution in [0.25, 0.3) is 0 Å². The zero-order valence-electron chi connectivity index (χ0n) is 77.1. The summed E-state index contributed by atoms with van der Waals surface area (Å²) in [6.45, 7) is 3.87. The minimum Gasteiger partial charge on any atom is -0.726 e. The van der Waals surface area contributed by atoms with Gasteiger partial charge >= 0.3 is 17.9 Å². The third kappa shape index (κ3) is 43.5. The monoisotopic (exact) mass is 2020 g/mol. The molecule has 9 aromatic carbocycles. The van der Waals surface area contributed by atoms with Crippen molar-refractivity contribution in [3.05, 3.63) is 323 Å². The SMILES string of the molecule is CC(=O)NC1COC(COS(=O)(=O)[O-])C[C@H]1OCc1ccccc1.CC(=O)NC1COC(COS(=O)(=O)[O-])C[C@H]1OCc1ccccc1.O=C(OCc1ccccc1)C1CCC[C@H](OCc2ccccc2)C1.O=C(OCc1ccccc1)C1C[C@@H](OCc2ccccc2)C(OS(=O)(=O)[O-])CO1.O=C(OCc1ccccc1)C1OCC(OS(=O)(=O)[O-])[C@H](OCc2ccccc2)[C@@H]1OCCCc1ccccc1. The van der Waals surface area contributed by atoms with E-state index in [0.29, 0.717) is 45.7 Å². The maximum Gasteiger partial charge on any atom is 0.338 e. The first-order chi connectivity index (χ1) is 67.3. The number of hydrogen-bond donors (Lipinski definition) is 2. The van der Waals surface area contributed by atoms with E-state index in [2.05, 4.69) is 35.3 Å². The zero-order valence-corrected chi connectivity index (χ0v) is 80.4. The number of esters is 3. The van der Waals surface area contributed by atoms with Gasteiger partial charge in [0.25, 0.3) is 0 Å². The zero-order chi connectivity index (χ0) is 100.0. The molecule has 5 aliphatic rings. The number of hydrogen-bond acceptors (Lipinski definition) is 34. The third-order valence-corrected chi connectivity index (χ3v) is 24.0. The number of benzene rings is 9. The molecule has 0 aromatic heterocycles. The standard InChI is InChI=1S/C29H32O9S.C21H24O3.C20H22O8S.2C15H21NO7S/c30-29(37-20-24-15-8-3-9-16-24)28-27(34-18-10-17-22-11-4-1-5-12-22)26(25(21-36-28)38-39(31,32)33)35-19-23-13-6-2-7-14-23;22-21(24-16-18-10-5-2-6-11-18)19-12-7-13-20(14-19)23-15-17-8-3-1-4-9-17;21-20(27-13-16-9-5-2-6-10-16)18-11-17(19(14-26-18)28-29(22,23)24)25-12-15-7-3-1-4-8-15;2*1-11(17)16-14-10-21-13(9-23-24(18,19)20)7-15(14)22-8-12-5-3-2-4-6-12/h1-9,11-16,25-28H,10,17-21H2,(H,31,32,33);1-6,8-11,19-20H,7,12-16H2;1-10,17-19H,11-14H2,(H,22,23,24);2*2-6,13-15H,7-10H2,1H3,(H,16,17)(H,18,19,20)/p-4/t25?,26-,27-,28?;19?,20-;17-,18?,19?;2*13?,14?,15-/m00111/s1. The Morgan fingerprint density at radius 3 is 1.06 bits per heavy atom. The summed E-state index contributed by atoms with van der Waals surface area (Å²) in [4.78, 5) is 60.4. The number of carbonyl (C=O) groups is 5. The van der Waals surface area contributed by atoms with Gasteiger partial charge in [-0.05, 0) is 82.2 Å². The molecule has 9 unspecified atom stereocenters. The number of aryl methyl sites for hydroxylation is 1. The summed E-state index contributed by atoms with van der Waals surface area (Å²) in [5.74, 6) is -1.84. The molecule has 0 spiro atoms. The minimum atomic E-state index is -5.09. The average molecular weight is 2020 g/mol. The third-order valence-electron chi connectivity index (χ3n) is 22.1. The second-order valence-electron chi connectivity index (χ2n) is 33.0. The van der Waals surface area contributed by atoms with Crippen LogP contribution in [0.4, 0.5) is 0 Å². The molecule has 40 heteroatoms. The van der Waals surface area contributed by atoms with E-state index < -0.39 is 108 Å². The van der Waals surface area contributed by atoms with E-state index in [4.69, 9.17) is 65.8 Å². The smallest absolute Gasteiger partial charge is 0.338 e. The van der Waals surface area contributed by atoms with Gasteiger partial charge in [-0.2, -0.15) is 0 Å². The number of nitrogens with one attached hydrogen (secondary N) is 2. The van der Waals surface area contributed by atoms with Gasteiger partial charge in [-0.3, -0.25) is 31.1 Å². The molecule has 2 N–H and O–H groups in total. The lowest BCUT2D eigenvalue weighted by molar-refractivity contribution is -0.226. The Kier molecular flexibility index (Phi) is 46.7. The summed E-state index contributed by atoms with van der Waals surface area (Å²) >= 11 is 0. The summed E-state index contributed by atoms with van der Waals surface area (Å²) in [5.41, 5.74) is 8.54. The molecular formula is C100H116N2O34S4-4. The van der Waals surface area contributed by atoms with Crippen LogP contribution in [0.5, 0.6) is 0 Å². The van der Waals surface area contributed by atoms with Crippen molar-refractivity contribution in [1.29, 1.82) is 0 Å². The molecule has 14 rings (SSSR count). The first-order valence-electron chi connectivity index (χ1n) is 45.3. The van der Waals surface area contributed by atoms with E-state index in [1.807, 2.05) is 261 Å². The topological polar surface area (TPSA) is 495 Å². The summed E-state index contributed by atoms with van der Waals surface area (Å²) < 4.78 is 223. The summed E-state index contributed by atoms with van der Waals surface area (Å²) in [6.07, 6.45) is -3.82. The van der Waals surface area contributed by atoms with Gasteiger partial charge in [0.1, 0.15) is 44.2 Å². The Morgan fingerprint density at radius 1 is 0.329 bits per heavy atom. The maximum absolute atomic E-state index is 13.1. The number of carbonyl (C=O) groups excluding carboxylic acids is 5. The van der Waals surface area contributed by atoms with Gasteiger partial charge in [0.05, 0.1) is 127 Å². The average Bonchev–Trinajstić information content (AvgIpc) is 0.792. The normalized spacial score (nSPS) is 22.5. The predicted molar refractivity (Wildman–Crippen MR) is 499 cm³/mol. The van der Waals surface area contributed by atoms with Crippen molar-refractivity contribution in [1.82, 2.24) is 10.6 Å². The number of ether oxygens (including phenoxy) is 13. The molecule has 140 heavy (non-hydrogen) atoms. The van der Waals surface area contributed by atoms with E-state index in [-0.39, 0.29) is 133 Å². The van der Waals surface area contributed by atoms with Crippen LogP contribution < -0.4 is 10.6 Å². The number of rotatable bonds is 41. The molecule has 0 radical (unpaired) electrons. The van der Waals surface area contributed by atoms with Gasteiger partial charge in [0, 0.05) is 39.7 Å². The lowest BCUT2D eigenvalue weighted by Crippen LogP contribution is -2.59. The van der Waals surface area contributed by atoms with Crippen molar-refractivity contribution < 1.29 is 154 Å². The molecule has 4 aliphatic heterocycles. The molecule has 1 aliphatic carbocycles. The van der Waals surface area contributed by atoms with Crippen LogP contribution in [0.3, 0.4) is 0 Å². The molecule has 4 heterocycles. The first-order valence-corrected chi connectivity index (χ1v) is 50.6. The Balaban J connectivity index is 0.000000183. The Bertz CT molecular complexity index is 5510. The van der Waals surface area contributed by atoms with Gasteiger partial charge in [-0.1, -0.05) is 279 Å².